The summed E-state index contributed by atoms with van der Waals surface area (Å²) in [6.07, 6.45) is 0. The molecule has 0 aromatic carbocycles. The standard InChI is InChI=1S/C12H11BrN2O2/c1-7-5-8(2)14-11(6-7)15-12(16)9-3-4-10(13)17-9/h3-6H,1-2H3,(H,14,15,16). The number of hydrogen-bond donors (Lipinski definition) is 1. The van der Waals surface area contributed by atoms with Crippen molar-refractivity contribution in [2.75, 3.05) is 5.32 Å². The molecule has 0 saturated heterocycles. The summed E-state index contributed by atoms with van der Waals surface area (Å²) in [4.78, 5) is 16.0. The van der Waals surface area contributed by atoms with E-state index in [1.807, 2.05) is 26.0 Å². The molecule has 0 unspecified atom stereocenters. The zero-order valence-corrected chi connectivity index (χ0v) is 11.0. The van der Waals surface area contributed by atoms with E-state index >= 15 is 0 Å². The molecule has 0 aliphatic carbocycles. The smallest absolute Gasteiger partial charge is 0.292 e. The zero-order chi connectivity index (χ0) is 12.4. The van der Waals surface area contributed by atoms with Gasteiger partial charge in [-0.2, -0.15) is 0 Å². The molecule has 0 aliphatic rings. The van der Waals surface area contributed by atoms with Crippen LogP contribution in [0.4, 0.5) is 5.82 Å². The molecular weight excluding hydrogens is 284 g/mol. The van der Waals surface area contributed by atoms with Crippen molar-refractivity contribution in [3.05, 3.63) is 46.0 Å². The summed E-state index contributed by atoms with van der Waals surface area (Å²) in [7, 11) is 0. The van der Waals surface area contributed by atoms with E-state index in [-0.39, 0.29) is 11.7 Å². The Kier molecular flexibility index (Phi) is 3.28. The van der Waals surface area contributed by atoms with Gasteiger partial charge < -0.3 is 9.73 Å². The van der Waals surface area contributed by atoms with Crippen LogP contribution in [-0.4, -0.2) is 10.9 Å². The van der Waals surface area contributed by atoms with Gasteiger partial charge in [0, 0.05) is 5.69 Å². The zero-order valence-electron chi connectivity index (χ0n) is 9.45. The Morgan fingerprint density at radius 1 is 1.35 bits per heavy atom. The first-order valence-corrected chi connectivity index (χ1v) is 5.86. The molecule has 0 spiro atoms. The average molecular weight is 295 g/mol. The van der Waals surface area contributed by atoms with Crippen LogP contribution in [0, 0.1) is 13.8 Å². The summed E-state index contributed by atoms with van der Waals surface area (Å²) >= 11 is 3.15. The van der Waals surface area contributed by atoms with Gasteiger partial charge in [-0.1, -0.05) is 0 Å². The third-order valence-electron chi connectivity index (χ3n) is 2.14. The Hall–Kier alpha value is -1.62. The first-order valence-electron chi connectivity index (χ1n) is 5.06. The lowest BCUT2D eigenvalue weighted by molar-refractivity contribution is 0.0995. The largest absolute Gasteiger partial charge is 0.444 e. The fourth-order valence-corrected chi connectivity index (χ4v) is 1.83. The summed E-state index contributed by atoms with van der Waals surface area (Å²) in [5.74, 6) is 0.464. The van der Waals surface area contributed by atoms with Crippen LogP contribution in [0.15, 0.2) is 33.4 Å². The number of aromatic nitrogens is 1. The molecule has 0 saturated carbocycles. The van der Waals surface area contributed by atoms with Gasteiger partial charge in [0.15, 0.2) is 10.4 Å². The maximum absolute atomic E-state index is 11.8. The number of furan rings is 1. The number of pyridine rings is 1. The third-order valence-corrected chi connectivity index (χ3v) is 2.56. The predicted molar refractivity (Wildman–Crippen MR) is 68.1 cm³/mol. The predicted octanol–water partition coefficient (Wildman–Crippen LogP) is 3.31. The quantitative estimate of drug-likeness (QED) is 0.924. The molecule has 1 N–H and O–H groups in total. The van der Waals surface area contributed by atoms with Gasteiger partial charge in [-0.05, 0) is 59.6 Å². The van der Waals surface area contributed by atoms with Crippen molar-refractivity contribution in [2.24, 2.45) is 0 Å². The van der Waals surface area contributed by atoms with E-state index in [9.17, 15) is 4.79 Å². The molecule has 0 atom stereocenters. The second-order valence-electron chi connectivity index (χ2n) is 3.73. The molecule has 1 amide bonds. The molecule has 0 radical (unpaired) electrons. The van der Waals surface area contributed by atoms with Gasteiger partial charge in [-0.3, -0.25) is 4.79 Å². The molecule has 4 nitrogen and oxygen atoms in total. The number of nitrogens with one attached hydrogen (secondary N) is 1. The highest BCUT2D eigenvalue weighted by atomic mass is 79.9. The van der Waals surface area contributed by atoms with E-state index in [0.29, 0.717) is 10.5 Å². The van der Waals surface area contributed by atoms with E-state index in [0.717, 1.165) is 11.3 Å². The maximum Gasteiger partial charge on any atom is 0.292 e. The molecule has 17 heavy (non-hydrogen) atoms. The van der Waals surface area contributed by atoms with Crippen LogP contribution in [0.25, 0.3) is 0 Å². The van der Waals surface area contributed by atoms with Crippen LogP contribution in [0.3, 0.4) is 0 Å². The number of hydrogen-bond acceptors (Lipinski definition) is 3. The van der Waals surface area contributed by atoms with E-state index in [2.05, 4.69) is 26.2 Å². The highest BCUT2D eigenvalue weighted by Gasteiger charge is 2.11. The van der Waals surface area contributed by atoms with Gasteiger partial charge in [-0.15, -0.1) is 0 Å². The van der Waals surface area contributed by atoms with E-state index in [4.69, 9.17) is 4.42 Å². The van der Waals surface area contributed by atoms with Crippen LogP contribution in [0.5, 0.6) is 0 Å². The molecule has 2 aromatic rings. The normalized spacial score (nSPS) is 10.3. The number of carbonyl (C=O) groups excluding carboxylic acids is 1. The maximum atomic E-state index is 11.8. The Balaban J connectivity index is 2.18. The molecule has 88 valence electrons. The Bertz CT molecular complexity index is 543. The lowest BCUT2D eigenvalue weighted by Crippen LogP contribution is -2.12. The van der Waals surface area contributed by atoms with Crippen LogP contribution >= 0.6 is 15.9 Å². The SMILES string of the molecule is Cc1cc(C)nc(NC(=O)c2ccc(Br)o2)c1. The molecule has 2 rings (SSSR count). The minimum absolute atomic E-state index is 0.248. The lowest BCUT2D eigenvalue weighted by atomic mass is 10.2. The van der Waals surface area contributed by atoms with Gasteiger partial charge in [0.05, 0.1) is 0 Å². The minimum Gasteiger partial charge on any atom is -0.444 e. The fraction of sp³-hybridized carbons (Fsp3) is 0.167. The number of nitrogens with zero attached hydrogens (tertiary/aromatic N) is 1. The second kappa shape index (κ2) is 4.71. The van der Waals surface area contributed by atoms with Crippen LogP contribution in [0.2, 0.25) is 0 Å². The third kappa shape index (κ3) is 2.94. The molecule has 0 fully saturated rings. The van der Waals surface area contributed by atoms with Crippen molar-refractivity contribution in [2.45, 2.75) is 13.8 Å². The molecule has 2 heterocycles. The minimum atomic E-state index is -0.312. The monoisotopic (exact) mass is 294 g/mol. The van der Waals surface area contributed by atoms with Crippen molar-refractivity contribution in [1.82, 2.24) is 4.98 Å². The topological polar surface area (TPSA) is 55.1 Å². The van der Waals surface area contributed by atoms with Gasteiger partial charge in [0.1, 0.15) is 5.82 Å². The average Bonchev–Trinajstić information content (AvgIpc) is 2.63. The molecular formula is C12H11BrN2O2. The van der Waals surface area contributed by atoms with Crippen molar-refractivity contribution in [3.63, 3.8) is 0 Å². The number of halogens is 1. The van der Waals surface area contributed by atoms with Crippen molar-refractivity contribution >= 4 is 27.7 Å². The fourth-order valence-electron chi connectivity index (χ4n) is 1.52. The van der Waals surface area contributed by atoms with Gasteiger partial charge in [-0.25, -0.2) is 4.98 Å². The lowest BCUT2D eigenvalue weighted by Gasteiger charge is -2.04. The van der Waals surface area contributed by atoms with Crippen LogP contribution in [0.1, 0.15) is 21.8 Å². The van der Waals surface area contributed by atoms with Crippen molar-refractivity contribution < 1.29 is 9.21 Å². The Labute approximate surface area is 107 Å². The molecule has 0 bridgehead atoms. The second-order valence-corrected chi connectivity index (χ2v) is 4.51. The first kappa shape index (κ1) is 11.9. The molecule has 0 aliphatic heterocycles. The van der Waals surface area contributed by atoms with Gasteiger partial charge in [0.25, 0.3) is 5.91 Å². The van der Waals surface area contributed by atoms with Crippen molar-refractivity contribution in [3.8, 4) is 0 Å². The Morgan fingerprint density at radius 2 is 2.12 bits per heavy atom. The summed E-state index contributed by atoms with van der Waals surface area (Å²) in [6, 6.07) is 7.02. The molecule has 5 heteroatoms. The number of rotatable bonds is 2. The van der Waals surface area contributed by atoms with Gasteiger partial charge in [0.2, 0.25) is 0 Å². The Morgan fingerprint density at radius 3 is 2.71 bits per heavy atom. The highest BCUT2D eigenvalue weighted by Crippen LogP contribution is 2.16. The first-order chi connectivity index (χ1) is 8.04. The van der Waals surface area contributed by atoms with Crippen LogP contribution < -0.4 is 5.32 Å². The molecule has 2 aromatic heterocycles. The van der Waals surface area contributed by atoms with E-state index in [1.165, 1.54) is 0 Å². The van der Waals surface area contributed by atoms with Gasteiger partial charge >= 0.3 is 0 Å². The number of aryl methyl sites for hydroxylation is 2. The summed E-state index contributed by atoms with van der Waals surface area (Å²) in [5, 5.41) is 2.69. The van der Waals surface area contributed by atoms with E-state index in [1.54, 1.807) is 12.1 Å². The van der Waals surface area contributed by atoms with E-state index < -0.39 is 0 Å². The summed E-state index contributed by atoms with van der Waals surface area (Å²) in [6.45, 7) is 3.83. The van der Waals surface area contributed by atoms with Crippen LogP contribution in [-0.2, 0) is 0 Å². The van der Waals surface area contributed by atoms with Crippen molar-refractivity contribution in [1.29, 1.82) is 0 Å². The summed E-state index contributed by atoms with van der Waals surface area (Å²) < 4.78 is 5.68. The number of amides is 1. The number of carbonyl (C=O) groups is 1. The highest BCUT2D eigenvalue weighted by molar-refractivity contribution is 9.10. The number of anilines is 1. The summed E-state index contributed by atoms with van der Waals surface area (Å²) in [5.41, 5.74) is 1.91.